The topological polar surface area (TPSA) is 97.5 Å². The number of thiazole rings is 1. The fraction of sp³-hybridized carbons (Fsp3) is 0.261. The highest BCUT2D eigenvalue weighted by molar-refractivity contribution is 7.19. The first-order valence-corrected chi connectivity index (χ1v) is 10.6. The number of carbonyl (C=O) groups is 2. The van der Waals surface area contributed by atoms with Gasteiger partial charge in [0.1, 0.15) is 12.1 Å². The molecule has 2 aromatic carbocycles. The highest BCUT2D eigenvalue weighted by atomic mass is 32.1. The molecule has 31 heavy (non-hydrogen) atoms. The number of anilines is 2. The van der Waals surface area contributed by atoms with Gasteiger partial charge in [-0.05, 0) is 44.0 Å². The quantitative estimate of drug-likeness (QED) is 0.541. The second-order valence-electron chi connectivity index (χ2n) is 8.02. The van der Waals surface area contributed by atoms with E-state index in [0.29, 0.717) is 10.8 Å². The van der Waals surface area contributed by atoms with E-state index in [1.807, 2.05) is 54.6 Å². The molecule has 0 spiro atoms. The van der Waals surface area contributed by atoms with Crippen LogP contribution in [0.15, 0.2) is 60.8 Å². The SMILES string of the molecule is CC(C)(C)OC(=O)N(CC(=O)Nc1ncc(-c2ccc(N)cc2)s1)Cc1ccccc1. The Morgan fingerprint density at radius 1 is 1.10 bits per heavy atom. The number of nitrogens with one attached hydrogen (secondary N) is 1. The monoisotopic (exact) mass is 438 g/mol. The molecule has 1 heterocycles. The van der Waals surface area contributed by atoms with Crippen molar-refractivity contribution in [1.29, 1.82) is 0 Å². The van der Waals surface area contributed by atoms with Crippen LogP contribution in [-0.4, -0.2) is 34.0 Å². The summed E-state index contributed by atoms with van der Waals surface area (Å²) in [6.45, 7) is 5.48. The van der Waals surface area contributed by atoms with E-state index < -0.39 is 11.7 Å². The predicted molar refractivity (Wildman–Crippen MR) is 124 cm³/mol. The number of nitrogens with zero attached hydrogens (tertiary/aromatic N) is 2. The van der Waals surface area contributed by atoms with Gasteiger partial charge in [-0.1, -0.05) is 53.8 Å². The van der Waals surface area contributed by atoms with Crippen molar-refractivity contribution in [2.75, 3.05) is 17.6 Å². The average molecular weight is 439 g/mol. The molecule has 3 rings (SSSR count). The maximum atomic E-state index is 12.7. The van der Waals surface area contributed by atoms with Crippen molar-refractivity contribution in [3.63, 3.8) is 0 Å². The molecule has 0 radical (unpaired) electrons. The number of benzene rings is 2. The zero-order chi connectivity index (χ0) is 22.4. The molecular weight excluding hydrogens is 412 g/mol. The number of amides is 2. The van der Waals surface area contributed by atoms with Crippen LogP contribution in [0.4, 0.5) is 15.6 Å². The van der Waals surface area contributed by atoms with Crippen molar-refractivity contribution in [1.82, 2.24) is 9.88 Å². The zero-order valence-electron chi connectivity index (χ0n) is 17.8. The molecular formula is C23H26N4O3S. The predicted octanol–water partition coefficient (Wildman–Crippen LogP) is 4.77. The van der Waals surface area contributed by atoms with Gasteiger partial charge in [0.2, 0.25) is 5.91 Å². The summed E-state index contributed by atoms with van der Waals surface area (Å²) in [7, 11) is 0. The molecule has 3 aromatic rings. The van der Waals surface area contributed by atoms with Crippen LogP contribution in [0.2, 0.25) is 0 Å². The molecule has 0 aliphatic rings. The van der Waals surface area contributed by atoms with Crippen LogP contribution in [0.1, 0.15) is 26.3 Å². The van der Waals surface area contributed by atoms with Gasteiger partial charge in [-0.25, -0.2) is 9.78 Å². The Kier molecular flexibility index (Phi) is 6.91. The molecule has 3 N–H and O–H groups in total. The fourth-order valence-electron chi connectivity index (χ4n) is 2.76. The Morgan fingerprint density at radius 3 is 2.42 bits per heavy atom. The van der Waals surface area contributed by atoms with Crippen LogP contribution < -0.4 is 11.1 Å². The number of nitrogen functional groups attached to an aromatic ring is 1. The molecule has 0 aliphatic carbocycles. The summed E-state index contributed by atoms with van der Waals surface area (Å²) < 4.78 is 5.48. The van der Waals surface area contributed by atoms with Gasteiger partial charge in [0, 0.05) is 18.4 Å². The largest absolute Gasteiger partial charge is 0.444 e. The molecule has 0 aliphatic heterocycles. The lowest BCUT2D eigenvalue weighted by molar-refractivity contribution is -0.117. The maximum absolute atomic E-state index is 12.7. The summed E-state index contributed by atoms with van der Waals surface area (Å²) >= 11 is 1.35. The summed E-state index contributed by atoms with van der Waals surface area (Å²) in [5, 5.41) is 3.23. The van der Waals surface area contributed by atoms with Gasteiger partial charge >= 0.3 is 6.09 Å². The molecule has 0 saturated heterocycles. The van der Waals surface area contributed by atoms with E-state index in [9.17, 15) is 9.59 Å². The zero-order valence-corrected chi connectivity index (χ0v) is 18.6. The Bertz CT molecular complexity index is 1030. The first kappa shape index (κ1) is 22.3. The van der Waals surface area contributed by atoms with Crippen molar-refractivity contribution >= 4 is 34.2 Å². The number of aromatic nitrogens is 1. The number of hydrogen-bond donors (Lipinski definition) is 2. The number of hydrogen-bond acceptors (Lipinski definition) is 6. The molecule has 0 bridgehead atoms. The van der Waals surface area contributed by atoms with Crippen LogP contribution >= 0.6 is 11.3 Å². The standard InChI is InChI=1S/C23H26N4O3S/c1-23(2,3)30-22(29)27(14-16-7-5-4-6-8-16)15-20(28)26-21-25-13-19(31-21)17-9-11-18(24)12-10-17/h4-13H,14-15,24H2,1-3H3,(H,25,26,28). The Balaban J connectivity index is 1.68. The minimum atomic E-state index is -0.661. The van der Waals surface area contributed by atoms with Crippen molar-refractivity contribution in [3.05, 3.63) is 66.4 Å². The van der Waals surface area contributed by atoms with E-state index in [0.717, 1.165) is 16.0 Å². The lowest BCUT2D eigenvalue weighted by Crippen LogP contribution is -2.40. The molecule has 8 heteroatoms. The van der Waals surface area contributed by atoms with Crippen molar-refractivity contribution in [2.24, 2.45) is 0 Å². The minimum absolute atomic E-state index is 0.152. The minimum Gasteiger partial charge on any atom is -0.444 e. The van der Waals surface area contributed by atoms with E-state index in [2.05, 4.69) is 10.3 Å². The van der Waals surface area contributed by atoms with E-state index in [1.165, 1.54) is 16.2 Å². The Hall–Kier alpha value is -3.39. The molecule has 162 valence electrons. The molecule has 7 nitrogen and oxygen atoms in total. The third-order valence-electron chi connectivity index (χ3n) is 4.15. The van der Waals surface area contributed by atoms with E-state index in [1.54, 1.807) is 27.0 Å². The second-order valence-corrected chi connectivity index (χ2v) is 9.05. The number of rotatable bonds is 6. The number of nitrogens with two attached hydrogens (primary N) is 1. The third kappa shape index (κ3) is 6.82. The smallest absolute Gasteiger partial charge is 0.411 e. The van der Waals surface area contributed by atoms with Crippen LogP contribution in [0, 0.1) is 0 Å². The highest BCUT2D eigenvalue weighted by Crippen LogP contribution is 2.29. The lowest BCUT2D eigenvalue weighted by atomic mass is 10.2. The summed E-state index contributed by atoms with van der Waals surface area (Å²) in [4.78, 5) is 31.9. The molecule has 0 saturated carbocycles. The Morgan fingerprint density at radius 2 is 1.77 bits per heavy atom. The summed E-state index contributed by atoms with van der Waals surface area (Å²) in [6.07, 6.45) is 1.15. The van der Waals surface area contributed by atoms with E-state index in [-0.39, 0.29) is 19.0 Å². The van der Waals surface area contributed by atoms with Crippen LogP contribution in [-0.2, 0) is 16.1 Å². The van der Waals surface area contributed by atoms with E-state index >= 15 is 0 Å². The molecule has 2 amide bonds. The first-order chi connectivity index (χ1) is 14.7. The van der Waals surface area contributed by atoms with Crippen molar-refractivity contribution < 1.29 is 14.3 Å². The van der Waals surface area contributed by atoms with Gasteiger partial charge < -0.3 is 15.8 Å². The van der Waals surface area contributed by atoms with Crippen molar-refractivity contribution in [2.45, 2.75) is 32.9 Å². The average Bonchev–Trinajstić information content (AvgIpc) is 3.16. The summed E-state index contributed by atoms with van der Waals surface area (Å²) in [5.74, 6) is -0.347. The highest BCUT2D eigenvalue weighted by Gasteiger charge is 2.24. The van der Waals surface area contributed by atoms with Crippen LogP contribution in [0.3, 0.4) is 0 Å². The van der Waals surface area contributed by atoms with Crippen molar-refractivity contribution in [3.8, 4) is 10.4 Å². The normalized spacial score (nSPS) is 11.1. The molecule has 0 atom stereocenters. The van der Waals surface area contributed by atoms with Gasteiger partial charge in [0.15, 0.2) is 5.13 Å². The lowest BCUT2D eigenvalue weighted by Gasteiger charge is -2.27. The fourth-order valence-corrected chi connectivity index (χ4v) is 3.60. The van der Waals surface area contributed by atoms with Gasteiger partial charge in [-0.15, -0.1) is 0 Å². The summed E-state index contributed by atoms with van der Waals surface area (Å²) in [6, 6.07) is 16.9. The number of ether oxygens (including phenoxy) is 1. The molecule has 1 aromatic heterocycles. The third-order valence-corrected chi connectivity index (χ3v) is 5.11. The second kappa shape index (κ2) is 9.61. The summed E-state index contributed by atoms with van der Waals surface area (Å²) in [5.41, 5.74) is 7.62. The van der Waals surface area contributed by atoms with Gasteiger partial charge in [0.25, 0.3) is 0 Å². The van der Waals surface area contributed by atoms with Crippen LogP contribution in [0.25, 0.3) is 10.4 Å². The van der Waals surface area contributed by atoms with E-state index in [4.69, 9.17) is 10.5 Å². The van der Waals surface area contributed by atoms with Gasteiger partial charge in [0.05, 0.1) is 4.88 Å². The van der Waals surface area contributed by atoms with Gasteiger partial charge in [-0.2, -0.15) is 0 Å². The van der Waals surface area contributed by atoms with Crippen LogP contribution in [0.5, 0.6) is 0 Å². The Labute approximate surface area is 185 Å². The molecule has 0 unspecified atom stereocenters. The number of carbonyl (C=O) groups excluding carboxylic acids is 2. The molecule has 0 fully saturated rings. The van der Waals surface area contributed by atoms with Gasteiger partial charge in [-0.3, -0.25) is 9.69 Å². The first-order valence-electron chi connectivity index (χ1n) is 9.83. The maximum Gasteiger partial charge on any atom is 0.411 e.